The van der Waals surface area contributed by atoms with Crippen molar-refractivity contribution in [1.82, 2.24) is 10.6 Å². The molecule has 0 aromatic heterocycles. The number of halogens is 3. The summed E-state index contributed by atoms with van der Waals surface area (Å²) in [6, 6.07) is 12.9. The number of benzene rings is 2. The molecule has 3 rings (SSSR count). The van der Waals surface area contributed by atoms with Crippen LogP contribution in [0.15, 0.2) is 48.5 Å². The van der Waals surface area contributed by atoms with Crippen LogP contribution in [0.3, 0.4) is 0 Å². The number of hydrogen-bond acceptors (Lipinski definition) is 2. The van der Waals surface area contributed by atoms with Gasteiger partial charge in [0.05, 0.1) is 6.04 Å². The first-order valence-corrected chi connectivity index (χ1v) is 10.4. The molecule has 0 aliphatic carbocycles. The Balaban J connectivity index is 1.85. The van der Waals surface area contributed by atoms with Crippen LogP contribution in [0.1, 0.15) is 48.1 Å². The van der Waals surface area contributed by atoms with Gasteiger partial charge in [-0.2, -0.15) is 13.2 Å². The second-order valence-electron chi connectivity index (χ2n) is 8.25. The summed E-state index contributed by atoms with van der Waals surface area (Å²) in [6.45, 7) is 5.55. The molecule has 2 aromatic rings. The van der Waals surface area contributed by atoms with E-state index in [0.717, 1.165) is 22.3 Å². The Bertz CT molecular complexity index is 878. The molecule has 0 spiro atoms. The van der Waals surface area contributed by atoms with Crippen molar-refractivity contribution in [2.75, 3.05) is 0 Å². The molecule has 2 amide bonds. The van der Waals surface area contributed by atoms with Crippen LogP contribution in [0.4, 0.5) is 13.2 Å². The molecule has 0 bridgehead atoms. The molecule has 3 atom stereocenters. The molecule has 7 heteroatoms. The average molecular weight is 432 g/mol. The quantitative estimate of drug-likeness (QED) is 0.679. The summed E-state index contributed by atoms with van der Waals surface area (Å²) in [4.78, 5) is 25.5. The van der Waals surface area contributed by atoms with Crippen molar-refractivity contribution in [3.63, 3.8) is 0 Å². The molecule has 3 unspecified atom stereocenters. The van der Waals surface area contributed by atoms with E-state index in [9.17, 15) is 22.8 Å². The van der Waals surface area contributed by atoms with Gasteiger partial charge in [-0.1, -0.05) is 73.0 Å². The van der Waals surface area contributed by atoms with Gasteiger partial charge in [0, 0.05) is 0 Å². The van der Waals surface area contributed by atoms with Crippen LogP contribution in [0.5, 0.6) is 0 Å². The molecule has 1 fully saturated rings. The zero-order valence-corrected chi connectivity index (χ0v) is 17.8. The molecular formula is C24H27F3N2O2. The molecule has 0 radical (unpaired) electrons. The lowest BCUT2D eigenvalue weighted by molar-refractivity contribution is -0.182. The fourth-order valence-corrected chi connectivity index (χ4v) is 4.01. The monoisotopic (exact) mass is 432 g/mol. The van der Waals surface area contributed by atoms with Crippen LogP contribution in [0, 0.1) is 25.7 Å². The highest BCUT2D eigenvalue weighted by molar-refractivity contribution is 6.01. The molecule has 0 saturated carbocycles. The van der Waals surface area contributed by atoms with Gasteiger partial charge in [-0.05, 0) is 37.3 Å². The number of aryl methyl sites for hydroxylation is 2. The van der Waals surface area contributed by atoms with E-state index in [1.807, 2.05) is 67.7 Å². The topological polar surface area (TPSA) is 58.2 Å². The highest BCUT2D eigenvalue weighted by Gasteiger charge is 2.50. The summed E-state index contributed by atoms with van der Waals surface area (Å²) >= 11 is 0. The zero-order valence-electron chi connectivity index (χ0n) is 17.8. The highest BCUT2D eigenvalue weighted by atomic mass is 19.4. The molecule has 1 saturated heterocycles. The number of nitrogens with one attached hydrogen (secondary N) is 2. The van der Waals surface area contributed by atoms with Crippen molar-refractivity contribution in [1.29, 1.82) is 0 Å². The first-order chi connectivity index (χ1) is 14.6. The molecule has 4 nitrogen and oxygen atoms in total. The van der Waals surface area contributed by atoms with Crippen molar-refractivity contribution >= 4 is 11.8 Å². The predicted molar refractivity (Wildman–Crippen MR) is 112 cm³/mol. The predicted octanol–water partition coefficient (Wildman–Crippen LogP) is 4.60. The van der Waals surface area contributed by atoms with Gasteiger partial charge >= 0.3 is 6.18 Å². The standard InChI is InChI=1S/C24H27F3N2O2/c1-4-16-13-19(23(31)29-21(16)24(25,26)27)22(30)28-20(17-9-5-14(2)6-10-17)18-11-7-15(3)8-12-18/h5-12,16,19-21H,4,13H2,1-3H3,(H,28,30)(H,29,31). The van der Waals surface area contributed by atoms with Crippen LogP contribution in [0.2, 0.25) is 0 Å². The Hall–Kier alpha value is -2.83. The Kier molecular flexibility index (Phi) is 6.72. The minimum absolute atomic E-state index is 0.132. The van der Waals surface area contributed by atoms with E-state index < -0.39 is 41.9 Å². The minimum Gasteiger partial charge on any atom is -0.344 e. The van der Waals surface area contributed by atoms with E-state index in [1.165, 1.54) is 0 Å². The van der Waals surface area contributed by atoms with E-state index >= 15 is 0 Å². The lowest BCUT2D eigenvalue weighted by Gasteiger charge is -2.37. The SMILES string of the molecule is CCC1CC(C(=O)NC(c2ccc(C)cc2)c2ccc(C)cc2)C(=O)NC1C(F)(F)F. The fourth-order valence-electron chi connectivity index (χ4n) is 4.01. The summed E-state index contributed by atoms with van der Waals surface area (Å²) in [6.07, 6.45) is -4.45. The van der Waals surface area contributed by atoms with E-state index in [0.29, 0.717) is 0 Å². The van der Waals surface area contributed by atoms with E-state index in [-0.39, 0.29) is 12.8 Å². The van der Waals surface area contributed by atoms with Gasteiger partial charge in [0.2, 0.25) is 11.8 Å². The second-order valence-corrected chi connectivity index (χ2v) is 8.25. The molecule has 2 N–H and O–H groups in total. The van der Waals surface area contributed by atoms with Crippen molar-refractivity contribution in [3.8, 4) is 0 Å². The molecule has 166 valence electrons. The number of hydrogen-bond donors (Lipinski definition) is 2. The number of rotatable bonds is 5. The largest absolute Gasteiger partial charge is 0.408 e. The highest BCUT2D eigenvalue weighted by Crippen LogP contribution is 2.35. The van der Waals surface area contributed by atoms with Crippen molar-refractivity contribution in [2.24, 2.45) is 11.8 Å². The number of carbonyl (C=O) groups excluding carboxylic acids is 2. The lowest BCUT2D eigenvalue weighted by Crippen LogP contribution is -2.58. The molecular weight excluding hydrogens is 405 g/mol. The second kappa shape index (κ2) is 9.12. The van der Waals surface area contributed by atoms with Crippen LogP contribution in [-0.4, -0.2) is 24.0 Å². The number of alkyl halides is 3. The molecule has 1 heterocycles. The summed E-state index contributed by atoms with van der Waals surface area (Å²) < 4.78 is 39.8. The first kappa shape index (κ1) is 22.8. The van der Waals surface area contributed by atoms with Gasteiger partial charge in [-0.3, -0.25) is 9.59 Å². The third-order valence-corrected chi connectivity index (χ3v) is 5.93. The third kappa shape index (κ3) is 5.27. The average Bonchev–Trinajstić information content (AvgIpc) is 2.72. The van der Waals surface area contributed by atoms with Crippen molar-refractivity contribution < 1.29 is 22.8 Å². The Morgan fingerprint density at radius 1 is 1.03 bits per heavy atom. The maximum Gasteiger partial charge on any atom is 0.408 e. The smallest absolute Gasteiger partial charge is 0.344 e. The van der Waals surface area contributed by atoms with Gasteiger partial charge in [0.25, 0.3) is 0 Å². The normalized spacial score (nSPS) is 21.6. The summed E-state index contributed by atoms with van der Waals surface area (Å²) in [5, 5.41) is 4.94. The van der Waals surface area contributed by atoms with Crippen molar-refractivity contribution in [2.45, 2.75) is 51.9 Å². The first-order valence-electron chi connectivity index (χ1n) is 10.4. The molecule has 1 aliphatic rings. The van der Waals surface area contributed by atoms with Gasteiger partial charge in [0.1, 0.15) is 12.0 Å². The van der Waals surface area contributed by atoms with E-state index in [1.54, 1.807) is 6.92 Å². The maximum atomic E-state index is 13.3. The number of carbonyl (C=O) groups is 2. The Morgan fingerprint density at radius 2 is 1.52 bits per heavy atom. The fraction of sp³-hybridized carbons (Fsp3) is 0.417. The van der Waals surface area contributed by atoms with Crippen LogP contribution in [0.25, 0.3) is 0 Å². The van der Waals surface area contributed by atoms with Gasteiger partial charge in [-0.15, -0.1) is 0 Å². The van der Waals surface area contributed by atoms with Gasteiger partial charge < -0.3 is 10.6 Å². The van der Waals surface area contributed by atoms with Gasteiger partial charge in [0.15, 0.2) is 0 Å². The minimum atomic E-state index is -4.54. The third-order valence-electron chi connectivity index (χ3n) is 5.93. The summed E-state index contributed by atoms with van der Waals surface area (Å²) in [5.74, 6) is -3.45. The van der Waals surface area contributed by atoms with Crippen LogP contribution in [-0.2, 0) is 9.59 Å². The Labute approximate surface area is 180 Å². The number of amides is 2. The lowest BCUT2D eigenvalue weighted by atomic mass is 9.81. The van der Waals surface area contributed by atoms with Crippen molar-refractivity contribution in [3.05, 3.63) is 70.8 Å². The van der Waals surface area contributed by atoms with Gasteiger partial charge in [-0.25, -0.2) is 0 Å². The summed E-state index contributed by atoms with van der Waals surface area (Å²) in [7, 11) is 0. The summed E-state index contributed by atoms with van der Waals surface area (Å²) in [5.41, 5.74) is 3.79. The number of piperidine rings is 1. The Morgan fingerprint density at radius 3 is 1.94 bits per heavy atom. The maximum absolute atomic E-state index is 13.3. The van der Waals surface area contributed by atoms with E-state index in [2.05, 4.69) is 5.32 Å². The van der Waals surface area contributed by atoms with Crippen LogP contribution >= 0.6 is 0 Å². The molecule has 31 heavy (non-hydrogen) atoms. The van der Waals surface area contributed by atoms with E-state index in [4.69, 9.17) is 0 Å². The van der Waals surface area contributed by atoms with Crippen LogP contribution < -0.4 is 10.6 Å². The zero-order chi connectivity index (χ0) is 22.8. The molecule has 2 aromatic carbocycles. The molecule has 1 aliphatic heterocycles.